The molecule has 1 aliphatic heterocycles. The minimum absolute atomic E-state index is 0.0709. The monoisotopic (exact) mass is 245 g/mol. The number of nitrogens with zero attached hydrogens (tertiary/aromatic N) is 1. The lowest BCUT2D eigenvalue weighted by Gasteiger charge is -2.17. The molecule has 0 saturated heterocycles. The predicted octanol–water partition coefficient (Wildman–Crippen LogP) is 1.16. The highest BCUT2D eigenvalue weighted by Gasteiger charge is 2.27. The average Bonchev–Trinajstić information content (AvgIpc) is 2.80. The first-order valence-corrected chi connectivity index (χ1v) is 5.35. The van der Waals surface area contributed by atoms with E-state index in [4.69, 9.17) is 9.94 Å². The number of carbonyl (C=O) groups is 1. The van der Waals surface area contributed by atoms with E-state index < -0.39 is 5.97 Å². The number of carbonyl (C=O) groups excluding carboxylic acids is 1. The van der Waals surface area contributed by atoms with Crippen molar-refractivity contribution in [3.8, 4) is 0 Å². The molecule has 92 valence electrons. The molecule has 0 aromatic heterocycles. The molecule has 1 heterocycles. The van der Waals surface area contributed by atoms with E-state index in [9.17, 15) is 9.59 Å². The number of hydroxylamine groups is 2. The first-order valence-electron chi connectivity index (χ1n) is 5.35. The first-order chi connectivity index (χ1) is 8.72. The van der Waals surface area contributed by atoms with Gasteiger partial charge in [0.05, 0.1) is 18.7 Å². The molecule has 0 aliphatic carbocycles. The van der Waals surface area contributed by atoms with Crippen LogP contribution in [0.25, 0.3) is 0 Å². The lowest BCUT2D eigenvalue weighted by molar-refractivity contribution is -0.136. The average molecular weight is 245 g/mol. The van der Waals surface area contributed by atoms with Gasteiger partial charge in [-0.25, -0.2) is 14.7 Å². The number of aliphatic carboxylic acids is 1. The Hall–Kier alpha value is -2.36. The fourth-order valence-corrected chi connectivity index (χ4v) is 1.63. The molecule has 2 rings (SSSR count). The Bertz CT molecular complexity index is 529. The van der Waals surface area contributed by atoms with Gasteiger partial charge in [0.15, 0.2) is 11.6 Å². The maximum absolute atomic E-state index is 10.8. The molecule has 5 heteroatoms. The normalized spacial score (nSPS) is 14.3. The van der Waals surface area contributed by atoms with Gasteiger partial charge in [-0.2, -0.15) is 0 Å². The van der Waals surface area contributed by atoms with Crippen LogP contribution in [0, 0.1) is 0 Å². The molecule has 0 atom stereocenters. The van der Waals surface area contributed by atoms with E-state index in [0.717, 1.165) is 5.56 Å². The van der Waals surface area contributed by atoms with Gasteiger partial charge in [0.2, 0.25) is 0 Å². The summed E-state index contributed by atoms with van der Waals surface area (Å²) in [5.74, 6) is 0.447. The SMILES string of the molecule is O=C=C1C(C(=O)O)=CCN1OCc1ccccc1. The summed E-state index contributed by atoms with van der Waals surface area (Å²) in [5, 5.41) is 10.1. The Kier molecular flexibility index (Phi) is 3.57. The standard InChI is InChI=1S/C13H11NO4/c15-8-12-11(13(16)17)6-7-14(12)18-9-10-4-2-1-3-5-10/h1-6H,7,9H2,(H,16,17). The fraction of sp³-hybridized carbons (Fsp3) is 0.154. The number of carboxylic acids is 1. The van der Waals surface area contributed by atoms with Crippen LogP contribution < -0.4 is 0 Å². The van der Waals surface area contributed by atoms with Crippen LogP contribution in [-0.2, 0) is 21.0 Å². The molecule has 0 fully saturated rings. The van der Waals surface area contributed by atoms with Crippen LogP contribution in [0.5, 0.6) is 0 Å². The lowest BCUT2D eigenvalue weighted by atomic mass is 10.2. The van der Waals surface area contributed by atoms with Gasteiger partial charge in [-0.05, 0) is 11.6 Å². The third-order valence-corrected chi connectivity index (χ3v) is 2.52. The Morgan fingerprint density at radius 3 is 2.72 bits per heavy atom. The van der Waals surface area contributed by atoms with Gasteiger partial charge in [0.1, 0.15) is 0 Å². The highest BCUT2D eigenvalue weighted by Crippen LogP contribution is 2.21. The largest absolute Gasteiger partial charge is 0.478 e. The third kappa shape index (κ3) is 2.48. The summed E-state index contributed by atoms with van der Waals surface area (Å²) in [5.41, 5.74) is 0.794. The molecule has 1 aromatic rings. The van der Waals surface area contributed by atoms with Gasteiger partial charge in [-0.15, -0.1) is 0 Å². The molecule has 0 saturated carbocycles. The van der Waals surface area contributed by atoms with E-state index in [1.807, 2.05) is 30.3 Å². The van der Waals surface area contributed by atoms with Crippen molar-refractivity contribution in [2.24, 2.45) is 0 Å². The lowest BCUT2D eigenvalue weighted by Crippen LogP contribution is -2.21. The minimum Gasteiger partial charge on any atom is -0.478 e. The number of benzene rings is 1. The van der Waals surface area contributed by atoms with Crippen LogP contribution in [0.2, 0.25) is 0 Å². The Balaban J connectivity index is 2.01. The minimum atomic E-state index is -1.15. The van der Waals surface area contributed by atoms with Gasteiger partial charge >= 0.3 is 5.97 Å². The summed E-state index contributed by atoms with van der Waals surface area (Å²) in [6.07, 6.45) is 1.42. The van der Waals surface area contributed by atoms with Crippen molar-refractivity contribution < 1.29 is 19.5 Å². The van der Waals surface area contributed by atoms with E-state index in [2.05, 4.69) is 0 Å². The molecule has 1 aromatic carbocycles. The summed E-state index contributed by atoms with van der Waals surface area (Å²) < 4.78 is 0. The Morgan fingerprint density at radius 1 is 1.39 bits per heavy atom. The molecule has 0 bridgehead atoms. The van der Waals surface area contributed by atoms with Crippen LogP contribution in [0.15, 0.2) is 47.7 Å². The van der Waals surface area contributed by atoms with Crippen LogP contribution >= 0.6 is 0 Å². The van der Waals surface area contributed by atoms with Crippen molar-refractivity contribution in [1.29, 1.82) is 0 Å². The second-order valence-corrected chi connectivity index (χ2v) is 3.69. The molecule has 0 amide bonds. The van der Waals surface area contributed by atoms with E-state index in [1.165, 1.54) is 11.1 Å². The highest BCUT2D eigenvalue weighted by molar-refractivity contribution is 5.95. The number of hydrogen-bond donors (Lipinski definition) is 1. The van der Waals surface area contributed by atoms with Crippen LogP contribution in [0.1, 0.15) is 5.56 Å². The van der Waals surface area contributed by atoms with Crippen LogP contribution in [0.3, 0.4) is 0 Å². The van der Waals surface area contributed by atoms with Crippen molar-refractivity contribution in [2.75, 3.05) is 6.54 Å². The molecule has 0 unspecified atom stereocenters. The number of rotatable bonds is 4. The number of hydrogen-bond acceptors (Lipinski definition) is 4. The van der Waals surface area contributed by atoms with E-state index >= 15 is 0 Å². The van der Waals surface area contributed by atoms with Crippen LogP contribution in [0.4, 0.5) is 0 Å². The Morgan fingerprint density at radius 2 is 2.11 bits per heavy atom. The van der Waals surface area contributed by atoms with Crippen LogP contribution in [-0.4, -0.2) is 28.6 Å². The van der Waals surface area contributed by atoms with Gasteiger partial charge < -0.3 is 5.11 Å². The second kappa shape index (κ2) is 5.31. The van der Waals surface area contributed by atoms with E-state index in [-0.39, 0.29) is 24.4 Å². The van der Waals surface area contributed by atoms with Crippen molar-refractivity contribution in [3.05, 3.63) is 53.2 Å². The third-order valence-electron chi connectivity index (χ3n) is 2.52. The molecule has 0 radical (unpaired) electrons. The molecular weight excluding hydrogens is 234 g/mol. The highest BCUT2D eigenvalue weighted by atomic mass is 16.7. The molecule has 1 aliphatic rings. The first kappa shape index (κ1) is 12.1. The van der Waals surface area contributed by atoms with Gasteiger partial charge in [-0.1, -0.05) is 30.3 Å². The maximum atomic E-state index is 10.8. The summed E-state index contributed by atoms with van der Waals surface area (Å²) >= 11 is 0. The quantitative estimate of drug-likeness (QED) is 0.806. The van der Waals surface area contributed by atoms with Crippen molar-refractivity contribution >= 4 is 11.9 Å². The Labute approximate surface area is 104 Å². The number of carboxylic acid groups (broad SMARTS) is 1. The molecular formula is C13H11NO4. The topological polar surface area (TPSA) is 66.8 Å². The van der Waals surface area contributed by atoms with E-state index in [0.29, 0.717) is 0 Å². The van der Waals surface area contributed by atoms with Crippen molar-refractivity contribution in [3.63, 3.8) is 0 Å². The summed E-state index contributed by atoms with van der Waals surface area (Å²) in [4.78, 5) is 27.0. The van der Waals surface area contributed by atoms with Gasteiger partial charge in [0, 0.05) is 0 Å². The zero-order valence-electron chi connectivity index (χ0n) is 9.50. The fourth-order valence-electron chi connectivity index (χ4n) is 1.63. The molecule has 18 heavy (non-hydrogen) atoms. The maximum Gasteiger partial charge on any atom is 0.338 e. The van der Waals surface area contributed by atoms with Crippen molar-refractivity contribution in [1.82, 2.24) is 5.06 Å². The zero-order valence-corrected chi connectivity index (χ0v) is 9.50. The van der Waals surface area contributed by atoms with Gasteiger partial charge in [-0.3, -0.25) is 4.84 Å². The van der Waals surface area contributed by atoms with Gasteiger partial charge in [0.25, 0.3) is 0 Å². The molecule has 1 N–H and O–H groups in total. The van der Waals surface area contributed by atoms with Crippen molar-refractivity contribution in [2.45, 2.75) is 6.61 Å². The predicted molar refractivity (Wildman–Crippen MR) is 62.9 cm³/mol. The molecule has 5 nitrogen and oxygen atoms in total. The van der Waals surface area contributed by atoms with E-state index in [1.54, 1.807) is 5.94 Å². The summed E-state index contributed by atoms with van der Waals surface area (Å²) in [6, 6.07) is 9.40. The summed E-state index contributed by atoms with van der Waals surface area (Å²) in [6.45, 7) is 0.506. The smallest absolute Gasteiger partial charge is 0.338 e. The molecule has 0 spiro atoms. The summed E-state index contributed by atoms with van der Waals surface area (Å²) in [7, 11) is 0. The zero-order chi connectivity index (χ0) is 13.0. The second-order valence-electron chi connectivity index (χ2n) is 3.69.